The van der Waals surface area contributed by atoms with E-state index in [0.29, 0.717) is 28.9 Å². The molecule has 2 N–H and O–H groups in total. The van der Waals surface area contributed by atoms with Crippen LogP contribution in [0, 0.1) is 27.7 Å². The lowest BCUT2D eigenvalue weighted by Crippen LogP contribution is -2.03. The first-order valence-electron chi connectivity index (χ1n) is 12.1. The number of aromatic hydroxyl groups is 2. The van der Waals surface area contributed by atoms with Crippen molar-refractivity contribution in [2.75, 3.05) is 0 Å². The Morgan fingerprint density at radius 3 is 1.43 bits per heavy atom. The van der Waals surface area contributed by atoms with Crippen molar-refractivity contribution in [3.05, 3.63) is 94.0 Å². The average Bonchev–Trinajstić information content (AvgIpc) is 3.46. The van der Waals surface area contributed by atoms with Gasteiger partial charge in [0.25, 0.3) is 0 Å². The van der Waals surface area contributed by atoms with Crippen molar-refractivity contribution in [2.24, 2.45) is 0 Å². The van der Waals surface area contributed by atoms with Gasteiger partial charge in [0.2, 0.25) is 0 Å². The zero-order chi connectivity index (χ0) is 25.8. The van der Waals surface area contributed by atoms with Gasteiger partial charge in [-0.1, -0.05) is 34.7 Å². The second-order valence-corrected chi connectivity index (χ2v) is 9.75. The normalized spacial score (nSPS) is 11.6. The van der Waals surface area contributed by atoms with E-state index < -0.39 is 0 Å². The van der Waals surface area contributed by atoms with Crippen molar-refractivity contribution in [1.29, 1.82) is 0 Å². The number of benzene rings is 4. The molecule has 0 saturated heterocycles. The SMILES string of the molecule is Cc1cc(Cc2cc(C)cc(-n3nnc4cc(C)ccc43)c2O)c(O)c(-n2nnc3cc(C)ccc32)c1. The predicted molar refractivity (Wildman–Crippen MR) is 143 cm³/mol. The van der Waals surface area contributed by atoms with E-state index >= 15 is 0 Å². The van der Waals surface area contributed by atoms with Crippen LogP contribution in [-0.4, -0.2) is 40.2 Å². The number of aromatic nitrogens is 6. The van der Waals surface area contributed by atoms with E-state index in [1.54, 1.807) is 9.36 Å². The molecule has 0 atom stereocenters. The Labute approximate surface area is 213 Å². The van der Waals surface area contributed by atoms with Crippen molar-refractivity contribution in [1.82, 2.24) is 30.0 Å². The lowest BCUT2D eigenvalue weighted by molar-refractivity contribution is 0.458. The molecule has 0 bridgehead atoms. The van der Waals surface area contributed by atoms with Gasteiger partial charge < -0.3 is 10.2 Å². The molecule has 0 aliphatic carbocycles. The average molecular weight is 491 g/mol. The van der Waals surface area contributed by atoms with Crippen LogP contribution in [0.3, 0.4) is 0 Å². The van der Waals surface area contributed by atoms with E-state index in [4.69, 9.17) is 0 Å². The molecule has 0 saturated carbocycles. The van der Waals surface area contributed by atoms with Gasteiger partial charge in [0, 0.05) is 17.5 Å². The number of rotatable bonds is 4. The first-order chi connectivity index (χ1) is 17.8. The Kier molecular flexibility index (Phi) is 5.19. The van der Waals surface area contributed by atoms with Gasteiger partial charge in [-0.3, -0.25) is 0 Å². The largest absolute Gasteiger partial charge is 0.505 e. The topological polar surface area (TPSA) is 102 Å². The molecule has 0 fully saturated rings. The molecule has 0 aliphatic heterocycles. The van der Waals surface area contributed by atoms with Gasteiger partial charge in [-0.05, 0) is 86.3 Å². The monoisotopic (exact) mass is 490 g/mol. The van der Waals surface area contributed by atoms with Gasteiger partial charge in [0.1, 0.15) is 33.9 Å². The predicted octanol–water partition coefficient (Wildman–Crippen LogP) is 5.39. The molecule has 184 valence electrons. The Bertz CT molecular complexity index is 1700. The zero-order valence-corrected chi connectivity index (χ0v) is 21.1. The smallest absolute Gasteiger partial charge is 0.144 e. The molecule has 8 heteroatoms. The number of nitrogens with zero attached hydrogens (tertiary/aromatic N) is 6. The molecule has 0 radical (unpaired) electrons. The van der Waals surface area contributed by atoms with E-state index in [9.17, 15) is 10.2 Å². The fraction of sp³-hybridized carbons (Fsp3) is 0.172. The summed E-state index contributed by atoms with van der Waals surface area (Å²) in [5, 5.41) is 39.9. The second kappa shape index (κ2) is 8.44. The third-order valence-electron chi connectivity index (χ3n) is 6.67. The molecule has 0 unspecified atom stereocenters. The van der Waals surface area contributed by atoms with E-state index in [1.165, 1.54) is 0 Å². The van der Waals surface area contributed by atoms with Crippen LogP contribution in [0.2, 0.25) is 0 Å². The summed E-state index contributed by atoms with van der Waals surface area (Å²) in [6.07, 6.45) is 0.318. The number of phenolic OH excluding ortho intramolecular Hbond substituents is 2. The highest BCUT2D eigenvalue weighted by molar-refractivity contribution is 5.79. The maximum atomic E-state index is 11.3. The molecule has 0 aliphatic rings. The quantitative estimate of drug-likeness (QED) is 0.344. The minimum atomic E-state index is 0.0992. The van der Waals surface area contributed by atoms with Crippen LogP contribution in [0.25, 0.3) is 33.4 Å². The summed E-state index contributed by atoms with van der Waals surface area (Å²) in [5.74, 6) is 0.198. The van der Waals surface area contributed by atoms with Crippen LogP contribution in [0.1, 0.15) is 33.4 Å². The molecule has 6 rings (SSSR count). The molecule has 37 heavy (non-hydrogen) atoms. The number of hydrogen-bond donors (Lipinski definition) is 2. The molecule has 0 spiro atoms. The summed E-state index contributed by atoms with van der Waals surface area (Å²) in [4.78, 5) is 0. The van der Waals surface area contributed by atoms with Crippen molar-refractivity contribution in [3.63, 3.8) is 0 Å². The molecule has 2 heterocycles. The molecule has 2 aromatic heterocycles. The third-order valence-corrected chi connectivity index (χ3v) is 6.67. The summed E-state index contributed by atoms with van der Waals surface area (Å²) in [5.41, 5.74) is 9.71. The van der Waals surface area contributed by atoms with Gasteiger partial charge in [0.15, 0.2) is 0 Å². The van der Waals surface area contributed by atoms with Gasteiger partial charge in [-0.2, -0.15) is 0 Å². The molecular formula is C29H26N6O2. The molecular weight excluding hydrogens is 464 g/mol. The molecule has 4 aromatic carbocycles. The van der Waals surface area contributed by atoms with Crippen LogP contribution in [-0.2, 0) is 6.42 Å². The number of aryl methyl sites for hydroxylation is 4. The van der Waals surface area contributed by atoms with Crippen molar-refractivity contribution < 1.29 is 10.2 Å². The van der Waals surface area contributed by atoms with E-state index in [0.717, 1.165) is 44.3 Å². The first kappa shape index (κ1) is 22.7. The van der Waals surface area contributed by atoms with Crippen LogP contribution in [0.4, 0.5) is 0 Å². The van der Waals surface area contributed by atoms with Gasteiger partial charge in [-0.25, -0.2) is 9.36 Å². The summed E-state index contributed by atoms with van der Waals surface area (Å²) in [7, 11) is 0. The standard InChI is InChI=1S/C29H26N6O2/c1-16-5-7-24-22(11-16)30-32-34(24)26-13-18(3)9-20(28(26)36)15-21-10-19(4)14-27(29(21)37)35-25-8-6-17(2)12-23(25)31-33-35/h5-14,36-37H,15H2,1-4H3. The van der Waals surface area contributed by atoms with E-state index in [-0.39, 0.29) is 11.5 Å². The maximum Gasteiger partial charge on any atom is 0.144 e. The van der Waals surface area contributed by atoms with Crippen LogP contribution >= 0.6 is 0 Å². The summed E-state index contributed by atoms with van der Waals surface area (Å²) in [6, 6.07) is 19.5. The zero-order valence-electron chi connectivity index (χ0n) is 21.1. The summed E-state index contributed by atoms with van der Waals surface area (Å²) >= 11 is 0. The lowest BCUT2D eigenvalue weighted by atomic mass is 9.98. The third kappa shape index (κ3) is 3.87. The minimum absolute atomic E-state index is 0.0992. The van der Waals surface area contributed by atoms with Crippen LogP contribution in [0.5, 0.6) is 11.5 Å². The fourth-order valence-corrected chi connectivity index (χ4v) is 4.89. The number of fused-ring (bicyclic) bond motifs is 2. The fourth-order valence-electron chi connectivity index (χ4n) is 4.89. The van der Waals surface area contributed by atoms with Gasteiger partial charge in [-0.15, -0.1) is 10.2 Å². The highest BCUT2D eigenvalue weighted by Gasteiger charge is 2.19. The summed E-state index contributed by atoms with van der Waals surface area (Å²) in [6.45, 7) is 7.96. The van der Waals surface area contributed by atoms with Crippen molar-refractivity contribution in [2.45, 2.75) is 34.1 Å². The van der Waals surface area contributed by atoms with Gasteiger partial charge >= 0.3 is 0 Å². The van der Waals surface area contributed by atoms with Crippen LogP contribution in [0.15, 0.2) is 60.7 Å². The molecule has 6 aromatic rings. The molecule has 0 amide bonds. The lowest BCUT2D eigenvalue weighted by Gasteiger charge is -2.15. The summed E-state index contributed by atoms with van der Waals surface area (Å²) < 4.78 is 3.32. The number of phenols is 2. The Morgan fingerprint density at radius 1 is 0.568 bits per heavy atom. The Morgan fingerprint density at radius 2 is 1.00 bits per heavy atom. The first-order valence-corrected chi connectivity index (χ1v) is 12.1. The number of hydrogen-bond acceptors (Lipinski definition) is 6. The Balaban J connectivity index is 1.45. The highest BCUT2D eigenvalue weighted by Crippen LogP contribution is 2.36. The maximum absolute atomic E-state index is 11.3. The highest BCUT2D eigenvalue weighted by atomic mass is 16.3. The molecule has 8 nitrogen and oxygen atoms in total. The second-order valence-electron chi connectivity index (χ2n) is 9.75. The van der Waals surface area contributed by atoms with E-state index in [1.807, 2.05) is 88.4 Å². The van der Waals surface area contributed by atoms with Crippen molar-refractivity contribution >= 4 is 22.1 Å². The Hall–Kier alpha value is -4.72. The van der Waals surface area contributed by atoms with Crippen LogP contribution < -0.4 is 0 Å². The van der Waals surface area contributed by atoms with Gasteiger partial charge in [0.05, 0.1) is 11.0 Å². The van der Waals surface area contributed by atoms with E-state index in [2.05, 4.69) is 20.6 Å². The van der Waals surface area contributed by atoms with Crippen molar-refractivity contribution in [3.8, 4) is 22.9 Å². The minimum Gasteiger partial charge on any atom is -0.505 e.